The number of carbonyl (C=O) groups excluding carboxylic acids is 2. The first-order valence-corrected chi connectivity index (χ1v) is 6.13. The topological polar surface area (TPSA) is 82.0 Å². The molecule has 94 valence electrons. The zero-order chi connectivity index (χ0) is 12.7. The second-order valence-electron chi connectivity index (χ2n) is 4.45. The lowest BCUT2D eigenvalue weighted by Gasteiger charge is -2.28. The third-order valence-corrected chi connectivity index (χ3v) is 3.23. The van der Waals surface area contributed by atoms with Crippen molar-refractivity contribution in [1.82, 2.24) is 10.6 Å². The molecule has 5 heteroatoms. The Balaban J connectivity index is 2.35. The van der Waals surface area contributed by atoms with Crippen molar-refractivity contribution < 1.29 is 9.59 Å². The number of nitriles is 1. The molecule has 0 radical (unpaired) electrons. The van der Waals surface area contributed by atoms with Crippen molar-refractivity contribution in [2.75, 3.05) is 6.54 Å². The van der Waals surface area contributed by atoms with E-state index < -0.39 is 11.8 Å². The van der Waals surface area contributed by atoms with E-state index >= 15 is 0 Å². The van der Waals surface area contributed by atoms with Gasteiger partial charge in [0.1, 0.15) is 6.54 Å². The summed E-state index contributed by atoms with van der Waals surface area (Å²) in [5.41, 5.74) is 0. The summed E-state index contributed by atoms with van der Waals surface area (Å²) in [6, 6.07) is 1.87. The van der Waals surface area contributed by atoms with Crippen LogP contribution in [0.5, 0.6) is 0 Å². The Morgan fingerprint density at radius 1 is 1.35 bits per heavy atom. The van der Waals surface area contributed by atoms with Gasteiger partial charge >= 0.3 is 11.8 Å². The van der Waals surface area contributed by atoms with E-state index in [4.69, 9.17) is 5.26 Å². The summed E-state index contributed by atoms with van der Waals surface area (Å²) in [5, 5.41) is 13.3. The normalized spacial score (nSPS) is 23.5. The summed E-state index contributed by atoms with van der Waals surface area (Å²) in [6.07, 6.45) is 5.32. The molecule has 1 aliphatic rings. The highest BCUT2D eigenvalue weighted by Gasteiger charge is 2.24. The van der Waals surface area contributed by atoms with Crippen LogP contribution in [0.3, 0.4) is 0 Å². The standard InChI is InChI=1S/C12H19N3O2/c1-2-9-4-3-5-10(8-9)15-12(17)11(16)14-7-6-13/h9-10H,2-5,7-8H2,1H3,(H,14,16)(H,15,17). The van der Waals surface area contributed by atoms with Gasteiger partial charge in [-0.25, -0.2) is 0 Å². The van der Waals surface area contributed by atoms with Crippen LogP contribution < -0.4 is 10.6 Å². The number of amides is 2. The molecule has 0 heterocycles. The Morgan fingerprint density at radius 2 is 2.12 bits per heavy atom. The predicted octanol–water partition coefficient (Wildman–Crippen LogP) is 0.711. The average molecular weight is 237 g/mol. The van der Waals surface area contributed by atoms with Crippen LogP contribution in [0.15, 0.2) is 0 Å². The van der Waals surface area contributed by atoms with Gasteiger partial charge in [-0.05, 0) is 18.8 Å². The molecule has 1 fully saturated rings. The lowest BCUT2D eigenvalue weighted by atomic mass is 9.84. The summed E-state index contributed by atoms with van der Waals surface area (Å²) in [4.78, 5) is 22.7. The average Bonchev–Trinajstić information content (AvgIpc) is 2.36. The second-order valence-corrected chi connectivity index (χ2v) is 4.45. The Labute approximate surface area is 102 Å². The number of hydrogen-bond acceptors (Lipinski definition) is 3. The van der Waals surface area contributed by atoms with E-state index in [2.05, 4.69) is 17.6 Å². The highest BCUT2D eigenvalue weighted by atomic mass is 16.2. The van der Waals surface area contributed by atoms with Gasteiger partial charge in [0.05, 0.1) is 6.07 Å². The monoisotopic (exact) mass is 237 g/mol. The van der Waals surface area contributed by atoms with Crippen molar-refractivity contribution in [3.63, 3.8) is 0 Å². The summed E-state index contributed by atoms with van der Waals surface area (Å²) in [7, 11) is 0. The van der Waals surface area contributed by atoms with Crippen LogP contribution in [-0.4, -0.2) is 24.4 Å². The molecule has 17 heavy (non-hydrogen) atoms. The molecule has 0 spiro atoms. The van der Waals surface area contributed by atoms with Gasteiger partial charge in [0, 0.05) is 6.04 Å². The van der Waals surface area contributed by atoms with Crippen LogP contribution in [0.25, 0.3) is 0 Å². The Hall–Kier alpha value is -1.57. The summed E-state index contributed by atoms with van der Waals surface area (Å²) >= 11 is 0. The second kappa shape index (κ2) is 6.89. The zero-order valence-corrected chi connectivity index (χ0v) is 10.2. The number of nitrogens with zero attached hydrogens (tertiary/aromatic N) is 1. The maximum atomic E-state index is 11.5. The molecule has 0 aromatic heterocycles. The van der Waals surface area contributed by atoms with E-state index in [0.29, 0.717) is 5.92 Å². The summed E-state index contributed by atoms with van der Waals surface area (Å²) in [6.45, 7) is 2.02. The summed E-state index contributed by atoms with van der Waals surface area (Å²) in [5.74, 6) is -0.691. The fourth-order valence-electron chi connectivity index (χ4n) is 2.24. The lowest BCUT2D eigenvalue weighted by molar-refractivity contribution is -0.139. The highest BCUT2D eigenvalue weighted by molar-refractivity contribution is 6.35. The van der Waals surface area contributed by atoms with E-state index in [1.807, 2.05) is 0 Å². The smallest absolute Gasteiger partial charge is 0.310 e. The quantitative estimate of drug-likeness (QED) is 0.560. The van der Waals surface area contributed by atoms with Gasteiger partial charge in [0.15, 0.2) is 0 Å². The number of nitrogens with one attached hydrogen (secondary N) is 2. The lowest BCUT2D eigenvalue weighted by Crippen LogP contribution is -2.46. The van der Waals surface area contributed by atoms with Gasteiger partial charge in [0.25, 0.3) is 0 Å². The maximum absolute atomic E-state index is 11.5. The molecule has 0 aromatic rings. The first-order valence-electron chi connectivity index (χ1n) is 6.13. The number of carbonyl (C=O) groups is 2. The fraction of sp³-hybridized carbons (Fsp3) is 0.750. The highest BCUT2D eigenvalue weighted by Crippen LogP contribution is 2.26. The Kier molecular flexibility index (Phi) is 5.47. The van der Waals surface area contributed by atoms with Gasteiger partial charge in [0.2, 0.25) is 0 Å². The van der Waals surface area contributed by atoms with Gasteiger partial charge in [-0.2, -0.15) is 5.26 Å². The van der Waals surface area contributed by atoms with Gasteiger partial charge in [-0.15, -0.1) is 0 Å². The molecular formula is C12H19N3O2. The van der Waals surface area contributed by atoms with E-state index in [1.165, 1.54) is 6.42 Å². The molecule has 0 aliphatic heterocycles. The molecule has 0 aromatic carbocycles. The Bertz CT molecular complexity index is 322. The molecule has 0 bridgehead atoms. The first-order chi connectivity index (χ1) is 8.17. The zero-order valence-electron chi connectivity index (χ0n) is 10.2. The van der Waals surface area contributed by atoms with Crippen LogP contribution in [-0.2, 0) is 9.59 Å². The van der Waals surface area contributed by atoms with Crippen molar-refractivity contribution in [2.24, 2.45) is 5.92 Å². The molecule has 2 N–H and O–H groups in total. The molecule has 1 aliphatic carbocycles. The minimum absolute atomic E-state index is 0.106. The van der Waals surface area contributed by atoms with Crippen LogP contribution >= 0.6 is 0 Å². The molecule has 2 atom stereocenters. The largest absolute Gasteiger partial charge is 0.345 e. The first kappa shape index (κ1) is 13.5. The minimum atomic E-state index is -0.717. The van der Waals surface area contributed by atoms with Crippen LogP contribution in [0, 0.1) is 17.2 Å². The van der Waals surface area contributed by atoms with Crippen molar-refractivity contribution in [3.05, 3.63) is 0 Å². The van der Waals surface area contributed by atoms with E-state index in [0.717, 1.165) is 25.7 Å². The number of rotatable bonds is 3. The molecule has 0 saturated heterocycles. The summed E-state index contributed by atoms with van der Waals surface area (Å²) < 4.78 is 0. The van der Waals surface area contributed by atoms with Gasteiger partial charge in [-0.1, -0.05) is 26.2 Å². The van der Waals surface area contributed by atoms with Crippen molar-refractivity contribution in [2.45, 2.75) is 45.1 Å². The Morgan fingerprint density at radius 3 is 2.76 bits per heavy atom. The van der Waals surface area contributed by atoms with Crippen molar-refractivity contribution in [3.8, 4) is 6.07 Å². The van der Waals surface area contributed by atoms with E-state index in [-0.39, 0.29) is 12.6 Å². The van der Waals surface area contributed by atoms with Crippen LogP contribution in [0.2, 0.25) is 0 Å². The predicted molar refractivity (Wildman–Crippen MR) is 62.8 cm³/mol. The molecule has 1 saturated carbocycles. The molecule has 2 unspecified atom stereocenters. The van der Waals surface area contributed by atoms with E-state index in [1.54, 1.807) is 6.07 Å². The fourth-order valence-corrected chi connectivity index (χ4v) is 2.24. The van der Waals surface area contributed by atoms with Gasteiger partial charge in [-0.3, -0.25) is 9.59 Å². The van der Waals surface area contributed by atoms with Crippen molar-refractivity contribution in [1.29, 1.82) is 5.26 Å². The van der Waals surface area contributed by atoms with Crippen LogP contribution in [0.4, 0.5) is 0 Å². The molecule has 1 rings (SSSR count). The van der Waals surface area contributed by atoms with Crippen molar-refractivity contribution >= 4 is 11.8 Å². The molecular weight excluding hydrogens is 218 g/mol. The molecule has 5 nitrogen and oxygen atoms in total. The van der Waals surface area contributed by atoms with E-state index in [9.17, 15) is 9.59 Å². The minimum Gasteiger partial charge on any atom is -0.345 e. The maximum Gasteiger partial charge on any atom is 0.310 e. The third kappa shape index (κ3) is 4.43. The SMILES string of the molecule is CCC1CCCC(NC(=O)C(=O)NCC#N)C1. The van der Waals surface area contributed by atoms with Crippen LogP contribution in [0.1, 0.15) is 39.0 Å². The molecule has 2 amide bonds. The third-order valence-electron chi connectivity index (χ3n) is 3.23. The number of hydrogen-bond donors (Lipinski definition) is 2. The van der Waals surface area contributed by atoms with Gasteiger partial charge < -0.3 is 10.6 Å².